The van der Waals surface area contributed by atoms with E-state index in [0.29, 0.717) is 11.1 Å². The number of benzene rings is 2. The Hall–Kier alpha value is -3.98. The van der Waals surface area contributed by atoms with Crippen molar-refractivity contribution < 1.29 is 28.7 Å². The average Bonchev–Trinajstić information content (AvgIpc) is 3.14. The summed E-state index contributed by atoms with van der Waals surface area (Å²) in [4.78, 5) is 50.9. The van der Waals surface area contributed by atoms with Gasteiger partial charge in [-0.25, -0.2) is 9.59 Å². The topological polar surface area (TPSA) is 111 Å². The fraction of sp³-hybridized carbons (Fsp3) is 0.200. The van der Waals surface area contributed by atoms with Gasteiger partial charge in [-0.05, 0) is 50.6 Å². The van der Waals surface area contributed by atoms with Crippen LogP contribution in [0, 0.1) is 13.8 Å². The summed E-state index contributed by atoms with van der Waals surface area (Å²) < 4.78 is 9.92. The highest BCUT2D eigenvalue weighted by atomic mass is 32.1. The third-order valence-electron chi connectivity index (χ3n) is 4.92. The molecule has 0 unspecified atom stereocenters. The molecule has 0 aliphatic heterocycles. The molecule has 3 aromatic rings. The van der Waals surface area contributed by atoms with Crippen molar-refractivity contribution in [1.29, 1.82) is 0 Å². The van der Waals surface area contributed by atoms with Crippen LogP contribution >= 0.6 is 11.3 Å². The fourth-order valence-corrected chi connectivity index (χ4v) is 4.37. The molecule has 1 heterocycles. The van der Waals surface area contributed by atoms with Gasteiger partial charge in [0.05, 0.1) is 35.4 Å². The zero-order valence-electron chi connectivity index (χ0n) is 19.2. The lowest BCUT2D eigenvalue weighted by Gasteiger charge is -2.09. The van der Waals surface area contributed by atoms with Gasteiger partial charge in [0.1, 0.15) is 5.00 Å². The van der Waals surface area contributed by atoms with Crippen LogP contribution in [0.25, 0.3) is 0 Å². The highest BCUT2D eigenvalue weighted by molar-refractivity contribution is 7.19. The number of para-hydroxylation sites is 1. The van der Waals surface area contributed by atoms with Crippen LogP contribution in [-0.2, 0) is 9.47 Å². The first kappa shape index (κ1) is 24.7. The number of hydrogen-bond acceptors (Lipinski definition) is 7. The number of thiophene rings is 1. The highest BCUT2D eigenvalue weighted by Gasteiger charge is 2.27. The Morgan fingerprint density at radius 3 is 2.32 bits per heavy atom. The van der Waals surface area contributed by atoms with Crippen LogP contribution in [0.1, 0.15) is 58.8 Å². The molecule has 2 N–H and O–H groups in total. The number of amides is 2. The minimum absolute atomic E-state index is 0.110. The van der Waals surface area contributed by atoms with Crippen LogP contribution in [0.3, 0.4) is 0 Å². The minimum Gasteiger partial charge on any atom is -0.465 e. The van der Waals surface area contributed by atoms with E-state index in [1.807, 2.05) is 13.0 Å². The van der Waals surface area contributed by atoms with E-state index in [1.54, 1.807) is 50.2 Å². The number of hydrogen-bond donors (Lipinski definition) is 2. The Morgan fingerprint density at radius 2 is 1.65 bits per heavy atom. The number of anilines is 2. The fourth-order valence-electron chi connectivity index (χ4n) is 3.29. The summed E-state index contributed by atoms with van der Waals surface area (Å²) >= 11 is 0.954. The summed E-state index contributed by atoms with van der Waals surface area (Å²) in [5.41, 5.74) is 2.24. The van der Waals surface area contributed by atoms with Gasteiger partial charge in [-0.3, -0.25) is 9.59 Å². The van der Waals surface area contributed by atoms with E-state index < -0.39 is 23.8 Å². The number of rotatable bonds is 7. The van der Waals surface area contributed by atoms with Gasteiger partial charge < -0.3 is 20.1 Å². The van der Waals surface area contributed by atoms with Gasteiger partial charge in [0, 0.05) is 5.56 Å². The number of carbonyl (C=O) groups excluding carboxylic acids is 4. The maximum absolute atomic E-state index is 13.1. The summed E-state index contributed by atoms with van der Waals surface area (Å²) in [5.74, 6) is -2.21. The monoisotopic (exact) mass is 480 g/mol. The van der Waals surface area contributed by atoms with E-state index in [2.05, 4.69) is 10.6 Å². The van der Waals surface area contributed by atoms with Crippen molar-refractivity contribution in [3.8, 4) is 0 Å². The second-order valence-electron chi connectivity index (χ2n) is 7.30. The predicted molar refractivity (Wildman–Crippen MR) is 130 cm³/mol. The van der Waals surface area contributed by atoms with Crippen LogP contribution in [-0.4, -0.2) is 37.5 Å². The number of esters is 2. The van der Waals surface area contributed by atoms with Crippen molar-refractivity contribution in [3.05, 3.63) is 81.2 Å². The van der Waals surface area contributed by atoms with Crippen molar-refractivity contribution in [3.63, 3.8) is 0 Å². The van der Waals surface area contributed by atoms with Gasteiger partial charge in [-0.15, -0.1) is 11.3 Å². The predicted octanol–water partition coefficient (Wildman–Crippen LogP) is 4.83. The number of carbonyl (C=O) groups is 4. The molecule has 0 spiro atoms. The maximum atomic E-state index is 13.1. The molecule has 8 nitrogen and oxygen atoms in total. The van der Waals surface area contributed by atoms with E-state index in [-0.39, 0.29) is 33.3 Å². The van der Waals surface area contributed by atoms with Gasteiger partial charge >= 0.3 is 11.9 Å². The van der Waals surface area contributed by atoms with E-state index in [4.69, 9.17) is 9.47 Å². The van der Waals surface area contributed by atoms with E-state index in [9.17, 15) is 19.2 Å². The Balaban J connectivity index is 1.97. The summed E-state index contributed by atoms with van der Waals surface area (Å²) in [5, 5.41) is 5.63. The first-order valence-corrected chi connectivity index (χ1v) is 11.3. The normalized spacial score (nSPS) is 10.4. The molecular formula is C25H24N2O6S. The lowest BCUT2D eigenvalue weighted by molar-refractivity contribution is 0.0526. The minimum atomic E-state index is -0.648. The molecule has 34 heavy (non-hydrogen) atoms. The Bertz CT molecular complexity index is 1260. The third kappa shape index (κ3) is 5.32. The quantitative estimate of drug-likeness (QED) is 0.469. The van der Waals surface area contributed by atoms with Crippen LogP contribution in [0.4, 0.5) is 10.7 Å². The van der Waals surface area contributed by atoms with E-state index in [0.717, 1.165) is 16.9 Å². The second-order valence-corrected chi connectivity index (χ2v) is 8.32. The van der Waals surface area contributed by atoms with Gasteiger partial charge in [-0.1, -0.05) is 29.8 Å². The smallest absolute Gasteiger partial charge is 0.341 e. The largest absolute Gasteiger partial charge is 0.465 e. The SMILES string of the molecule is CCOC(=O)c1c(NC(=O)c2cccc(C)c2)sc(C(=O)Nc2ccccc2C(=O)OC)c1C. The summed E-state index contributed by atoms with van der Waals surface area (Å²) in [6, 6.07) is 13.4. The summed E-state index contributed by atoms with van der Waals surface area (Å²) in [7, 11) is 1.25. The Kier molecular flexibility index (Phi) is 7.80. The second kappa shape index (κ2) is 10.8. The molecule has 9 heteroatoms. The molecular weight excluding hydrogens is 456 g/mol. The number of aryl methyl sites for hydroxylation is 1. The van der Waals surface area contributed by atoms with Crippen LogP contribution < -0.4 is 10.6 Å². The van der Waals surface area contributed by atoms with Gasteiger partial charge in [0.15, 0.2) is 0 Å². The van der Waals surface area contributed by atoms with E-state index in [1.165, 1.54) is 13.2 Å². The molecule has 2 amide bonds. The van der Waals surface area contributed by atoms with Crippen molar-refractivity contribution in [2.45, 2.75) is 20.8 Å². The van der Waals surface area contributed by atoms with Crippen molar-refractivity contribution in [1.82, 2.24) is 0 Å². The molecule has 0 bridgehead atoms. The third-order valence-corrected chi connectivity index (χ3v) is 6.13. The molecule has 0 aliphatic rings. The molecule has 0 saturated heterocycles. The molecule has 1 aromatic heterocycles. The number of ether oxygens (including phenoxy) is 2. The zero-order chi connectivity index (χ0) is 24.8. The lowest BCUT2D eigenvalue weighted by Crippen LogP contribution is -2.16. The molecule has 176 valence electrons. The first-order chi connectivity index (χ1) is 16.3. The van der Waals surface area contributed by atoms with E-state index >= 15 is 0 Å². The molecule has 0 atom stereocenters. The van der Waals surface area contributed by atoms with Gasteiger partial charge in [0.25, 0.3) is 11.8 Å². The van der Waals surface area contributed by atoms with Crippen LogP contribution in [0.5, 0.6) is 0 Å². The standard InChI is InChI=1S/C25H24N2O6S/c1-5-33-25(31)19-15(3)20(22(29)26-18-12-7-6-11-17(18)24(30)32-4)34-23(19)27-21(28)16-10-8-9-14(2)13-16/h6-13H,5H2,1-4H3,(H,26,29)(H,27,28). The van der Waals surface area contributed by atoms with Crippen LogP contribution in [0.2, 0.25) is 0 Å². The van der Waals surface area contributed by atoms with Crippen LogP contribution in [0.15, 0.2) is 48.5 Å². The Morgan fingerprint density at radius 1 is 0.912 bits per heavy atom. The molecule has 3 rings (SSSR count). The van der Waals surface area contributed by atoms with Crippen molar-refractivity contribution >= 4 is 45.8 Å². The molecule has 0 radical (unpaired) electrons. The van der Waals surface area contributed by atoms with Crippen molar-refractivity contribution in [2.75, 3.05) is 24.4 Å². The summed E-state index contributed by atoms with van der Waals surface area (Å²) in [6.07, 6.45) is 0. The lowest BCUT2D eigenvalue weighted by atomic mass is 10.1. The average molecular weight is 481 g/mol. The zero-order valence-corrected chi connectivity index (χ0v) is 20.0. The van der Waals surface area contributed by atoms with Gasteiger partial charge in [-0.2, -0.15) is 0 Å². The maximum Gasteiger partial charge on any atom is 0.341 e. The molecule has 0 saturated carbocycles. The number of nitrogens with one attached hydrogen (secondary N) is 2. The first-order valence-electron chi connectivity index (χ1n) is 10.4. The summed E-state index contributed by atoms with van der Waals surface area (Å²) in [6.45, 7) is 5.27. The molecule has 0 aliphatic carbocycles. The molecule has 0 fully saturated rings. The highest BCUT2D eigenvalue weighted by Crippen LogP contribution is 2.35. The van der Waals surface area contributed by atoms with Crippen molar-refractivity contribution in [2.24, 2.45) is 0 Å². The number of methoxy groups -OCH3 is 1. The Labute approximate surface area is 200 Å². The van der Waals surface area contributed by atoms with Gasteiger partial charge in [0.2, 0.25) is 0 Å². The molecule has 2 aromatic carbocycles.